The van der Waals surface area contributed by atoms with Gasteiger partial charge in [-0.15, -0.1) is 0 Å². The van der Waals surface area contributed by atoms with Gasteiger partial charge in [-0.25, -0.2) is 0 Å². The van der Waals surface area contributed by atoms with E-state index < -0.39 is 10.8 Å². The van der Waals surface area contributed by atoms with E-state index in [-0.39, 0.29) is 17.9 Å². The fourth-order valence-electron chi connectivity index (χ4n) is 4.37. The fraction of sp³-hybridized carbons (Fsp3) is 0.600. The van der Waals surface area contributed by atoms with Crippen molar-refractivity contribution < 1.29 is 9.59 Å². The van der Waals surface area contributed by atoms with Gasteiger partial charge in [0, 0.05) is 6.04 Å². The van der Waals surface area contributed by atoms with Crippen molar-refractivity contribution in [1.82, 2.24) is 4.90 Å². The lowest BCUT2D eigenvalue weighted by molar-refractivity contribution is -0.144. The van der Waals surface area contributed by atoms with E-state index in [1.54, 1.807) is 0 Å². The lowest BCUT2D eigenvalue weighted by Gasteiger charge is -2.26. The van der Waals surface area contributed by atoms with Crippen molar-refractivity contribution >= 4 is 11.8 Å². The summed E-state index contributed by atoms with van der Waals surface area (Å²) in [6.45, 7) is 11.9. The maximum atomic E-state index is 12.8. The minimum atomic E-state index is -0.539. The van der Waals surface area contributed by atoms with Crippen molar-refractivity contribution in [3.8, 4) is 0 Å². The van der Waals surface area contributed by atoms with Crippen LogP contribution in [-0.4, -0.2) is 22.8 Å². The number of carbonyl (C=O) groups is 2. The van der Waals surface area contributed by atoms with Crippen LogP contribution in [0.4, 0.5) is 0 Å². The molecule has 3 fully saturated rings. The Bertz CT molecular complexity index is 443. The standard InChI is InChI=1S/C15H19NO2/c1-9(2)16-12(17)14-5-10(3)6-15(14,13(16)18)8-11(4)7-14/h9H,3-8H2,1-2H3. The first-order valence-electron chi connectivity index (χ1n) is 6.55. The summed E-state index contributed by atoms with van der Waals surface area (Å²) in [4.78, 5) is 27.0. The number of rotatable bonds is 1. The van der Waals surface area contributed by atoms with Crippen LogP contribution >= 0.6 is 0 Å². The molecule has 0 unspecified atom stereocenters. The Balaban J connectivity index is 2.18. The van der Waals surface area contributed by atoms with Gasteiger partial charge in [-0.2, -0.15) is 0 Å². The van der Waals surface area contributed by atoms with Gasteiger partial charge in [-0.1, -0.05) is 24.3 Å². The monoisotopic (exact) mass is 245 g/mol. The van der Waals surface area contributed by atoms with Crippen LogP contribution in [0.2, 0.25) is 0 Å². The van der Waals surface area contributed by atoms with Crippen LogP contribution in [-0.2, 0) is 9.59 Å². The maximum absolute atomic E-state index is 12.8. The van der Waals surface area contributed by atoms with Crippen molar-refractivity contribution in [1.29, 1.82) is 0 Å². The van der Waals surface area contributed by atoms with E-state index in [0.29, 0.717) is 25.7 Å². The van der Waals surface area contributed by atoms with Crippen LogP contribution in [0.1, 0.15) is 39.5 Å². The van der Waals surface area contributed by atoms with Crippen molar-refractivity contribution in [3.63, 3.8) is 0 Å². The molecule has 1 saturated heterocycles. The maximum Gasteiger partial charge on any atom is 0.237 e. The summed E-state index contributed by atoms with van der Waals surface area (Å²) in [7, 11) is 0. The third-order valence-electron chi connectivity index (χ3n) is 4.90. The molecule has 0 aromatic carbocycles. The van der Waals surface area contributed by atoms with Gasteiger partial charge in [0.15, 0.2) is 0 Å². The van der Waals surface area contributed by atoms with Gasteiger partial charge in [0.1, 0.15) is 0 Å². The van der Waals surface area contributed by atoms with E-state index >= 15 is 0 Å². The molecule has 0 spiro atoms. The highest BCUT2D eigenvalue weighted by Crippen LogP contribution is 2.70. The SMILES string of the molecule is C=C1CC23CC(=C)CC2(C1)C(=O)N(C(C)C)C3=O. The minimum absolute atomic E-state index is 0.0137. The number of likely N-dealkylation sites (tertiary alicyclic amines) is 1. The van der Waals surface area contributed by atoms with E-state index in [0.717, 1.165) is 11.1 Å². The number of hydrogen-bond donors (Lipinski definition) is 0. The molecule has 1 aliphatic heterocycles. The smallest absolute Gasteiger partial charge is 0.237 e. The molecule has 0 bridgehead atoms. The zero-order valence-electron chi connectivity index (χ0n) is 11.1. The minimum Gasteiger partial charge on any atom is -0.279 e. The van der Waals surface area contributed by atoms with Gasteiger partial charge in [-0.05, 0) is 39.5 Å². The number of nitrogens with zero attached hydrogens (tertiary/aromatic N) is 1. The Morgan fingerprint density at radius 1 is 0.944 bits per heavy atom. The number of allylic oxidation sites excluding steroid dienone is 2. The topological polar surface area (TPSA) is 37.4 Å². The summed E-state index contributed by atoms with van der Waals surface area (Å²) in [5.41, 5.74) is 1.02. The largest absolute Gasteiger partial charge is 0.279 e. The molecule has 0 atom stereocenters. The van der Waals surface area contributed by atoms with Gasteiger partial charge in [0.05, 0.1) is 10.8 Å². The van der Waals surface area contributed by atoms with Crippen LogP contribution in [0.3, 0.4) is 0 Å². The molecule has 2 aliphatic carbocycles. The van der Waals surface area contributed by atoms with Gasteiger partial charge in [0.2, 0.25) is 11.8 Å². The normalized spacial score (nSPS) is 38.9. The molecule has 3 aliphatic rings. The van der Waals surface area contributed by atoms with Crippen molar-refractivity contribution in [2.24, 2.45) is 10.8 Å². The van der Waals surface area contributed by atoms with Gasteiger partial charge >= 0.3 is 0 Å². The second-order valence-electron chi connectivity index (χ2n) is 6.45. The molecule has 3 heteroatoms. The highest BCUT2D eigenvalue weighted by molar-refractivity contribution is 6.12. The molecule has 0 N–H and O–H groups in total. The zero-order chi connectivity index (χ0) is 13.3. The van der Waals surface area contributed by atoms with Crippen LogP contribution in [0, 0.1) is 10.8 Å². The molecule has 96 valence electrons. The third-order valence-corrected chi connectivity index (χ3v) is 4.90. The molecular formula is C15H19NO2. The predicted octanol–water partition coefficient (Wildman–Crippen LogP) is 2.44. The summed E-state index contributed by atoms with van der Waals surface area (Å²) in [5.74, 6) is 0.0274. The average Bonchev–Trinajstić information content (AvgIpc) is 2.70. The van der Waals surface area contributed by atoms with Gasteiger partial charge < -0.3 is 0 Å². The molecule has 2 amide bonds. The Hall–Kier alpha value is -1.38. The second-order valence-corrected chi connectivity index (χ2v) is 6.45. The summed E-state index contributed by atoms with van der Waals surface area (Å²) in [6, 6.07) is -0.0519. The van der Waals surface area contributed by atoms with E-state index in [9.17, 15) is 9.59 Å². The Kier molecular flexibility index (Phi) is 2.04. The van der Waals surface area contributed by atoms with Crippen molar-refractivity contribution in [2.45, 2.75) is 45.6 Å². The molecule has 0 radical (unpaired) electrons. The molecule has 1 heterocycles. The first kappa shape index (κ1) is 11.7. The van der Waals surface area contributed by atoms with E-state index in [1.165, 1.54) is 4.90 Å². The average molecular weight is 245 g/mol. The second kappa shape index (κ2) is 3.14. The summed E-state index contributed by atoms with van der Waals surface area (Å²) in [6.07, 6.45) is 2.67. The van der Waals surface area contributed by atoms with Gasteiger partial charge in [-0.3, -0.25) is 14.5 Å². The number of amides is 2. The molecule has 0 aromatic rings. The molecule has 2 saturated carbocycles. The van der Waals surface area contributed by atoms with E-state index in [4.69, 9.17) is 0 Å². The zero-order valence-corrected chi connectivity index (χ0v) is 11.1. The molecule has 0 aromatic heterocycles. The predicted molar refractivity (Wildman–Crippen MR) is 68.6 cm³/mol. The Labute approximate surface area is 108 Å². The van der Waals surface area contributed by atoms with E-state index in [2.05, 4.69) is 13.2 Å². The summed E-state index contributed by atoms with van der Waals surface area (Å²) < 4.78 is 0. The fourth-order valence-corrected chi connectivity index (χ4v) is 4.37. The van der Waals surface area contributed by atoms with Crippen LogP contribution in [0.25, 0.3) is 0 Å². The number of imide groups is 1. The number of carbonyl (C=O) groups excluding carboxylic acids is 2. The molecular weight excluding hydrogens is 226 g/mol. The van der Waals surface area contributed by atoms with Crippen LogP contribution < -0.4 is 0 Å². The van der Waals surface area contributed by atoms with Crippen LogP contribution in [0.5, 0.6) is 0 Å². The van der Waals surface area contributed by atoms with Crippen molar-refractivity contribution in [3.05, 3.63) is 24.3 Å². The first-order valence-corrected chi connectivity index (χ1v) is 6.55. The summed E-state index contributed by atoms with van der Waals surface area (Å²) >= 11 is 0. The van der Waals surface area contributed by atoms with E-state index in [1.807, 2.05) is 13.8 Å². The number of hydrogen-bond acceptors (Lipinski definition) is 2. The third kappa shape index (κ3) is 1.02. The molecule has 3 rings (SSSR count). The highest BCUT2D eigenvalue weighted by atomic mass is 16.2. The van der Waals surface area contributed by atoms with Crippen LogP contribution in [0.15, 0.2) is 24.3 Å². The lowest BCUT2D eigenvalue weighted by Crippen LogP contribution is -2.40. The lowest BCUT2D eigenvalue weighted by atomic mass is 9.70. The van der Waals surface area contributed by atoms with Crippen molar-refractivity contribution in [2.75, 3.05) is 0 Å². The molecule has 18 heavy (non-hydrogen) atoms. The Morgan fingerprint density at radius 3 is 1.56 bits per heavy atom. The quantitative estimate of drug-likeness (QED) is 0.525. The molecule has 3 nitrogen and oxygen atoms in total. The highest BCUT2D eigenvalue weighted by Gasteiger charge is 2.74. The van der Waals surface area contributed by atoms with Gasteiger partial charge in [0.25, 0.3) is 0 Å². The summed E-state index contributed by atoms with van der Waals surface area (Å²) in [5, 5.41) is 0. The first-order chi connectivity index (χ1) is 8.34. The Morgan fingerprint density at radius 2 is 1.28 bits per heavy atom.